The van der Waals surface area contributed by atoms with Gasteiger partial charge in [-0.3, -0.25) is 0 Å². The van der Waals surface area contributed by atoms with E-state index in [4.69, 9.17) is 0 Å². The summed E-state index contributed by atoms with van der Waals surface area (Å²) in [5.41, 5.74) is 0. The number of aromatic nitrogens is 2. The molecule has 0 bridgehead atoms. The van der Waals surface area contributed by atoms with E-state index in [0.29, 0.717) is 6.04 Å². The Morgan fingerprint density at radius 1 is 1.53 bits per heavy atom. The number of aryl methyl sites for hydroxylation is 1. The minimum atomic E-state index is 0.608. The molecule has 0 aliphatic carbocycles. The van der Waals surface area contributed by atoms with Gasteiger partial charge in [0, 0.05) is 35.9 Å². The molecule has 5 heteroatoms. The third-order valence-electron chi connectivity index (χ3n) is 2.82. The molecule has 15 heavy (non-hydrogen) atoms. The van der Waals surface area contributed by atoms with Gasteiger partial charge in [0.05, 0.1) is 0 Å². The van der Waals surface area contributed by atoms with E-state index in [9.17, 15) is 0 Å². The maximum Gasteiger partial charge on any atom is 0.205 e. The minimum Gasteiger partial charge on any atom is -0.343 e. The van der Waals surface area contributed by atoms with E-state index in [1.807, 2.05) is 0 Å². The Hall–Kier alpha value is -0.160. The van der Waals surface area contributed by atoms with Crippen LogP contribution in [0.4, 0.5) is 5.13 Å². The summed E-state index contributed by atoms with van der Waals surface area (Å²) in [4.78, 5) is 6.97. The molecule has 1 fully saturated rings. The third-order valence-corrected chi connectivity index (χ3v) is 4.36. The van der Waals surface area contributed by atoms with Gasteiger partial charge in [0.1, 0.15) is 5.82 Å². The van der Waals surface area contributed by atoms with Crippen molar-refractivity contribution in [3.8, 4) is 0 Å². The largest absolute Gasteiger partial charge is 0.343 e. The molecule has 0 amide bonds. The van der Waals surface area contributed by atoms with Crippen LogP contribution in [0.2, 0.25) is 0 Å². The second kappa shape index (κ2) is 5.25. The van der Waals surface area contributed by atoms with Crippen LogP contribution in [-0.2, 0) is 6.42 Å². The van der Waals surface area contributed by atoms with Crippen molar-refractivity contribution in [2.45, 2.75) is 38.6 Å². The molecule has 0 aromatic carbocycles. The zero-order valence-corrected chi connectivity index (χ0v) is 11.4. The van der Waals surface area contributed by atoms with Gasteiger partial charge in [-0.25, -0.2) is 4.98 Å². The summed E-state index contributed by atoms with van der Waals surface area (Å²) in [6.45, 7) is 3.23. The van der Waals surface area contributed by atoms with Gasteiger partial charge in [-0.2, -0.15) is 4.37 Å². The number of piperidine rings is 1. The Morgan fingerprint density at radius 3 is 3.07 bits per heavy atom. The van der Waals surface area contributed by atoms with Crippen LogP contribution >= 0.6 is 27.5 Å². The first-order valence-electron chi connectivity index (χ1n) is 5.50. The van der Waals surface area contributed by atoms with Gasteiger partial charge in [-0.1, -0.05) is 22.9 Å². The zero-order chi connectivity index (χ0) is 10.7. The first-order valence-corrected chi connectivity index (χ1v) is 7.39. The van der Waals surface area contributed by atoms with Crippen LogP contribution in [0.5, 0.6) is 0 Å². The highest BCUT2D eigenvalue weighted by atomic mass is 79.9. The van der Waals surface area contributed by atoms with E-state index in [2.05, 4.69) is 37.1 Å². The highest BCUT2D eigenvalue weighted by Crippen LogP contribution is 2.27. The summed E-state index contributed by atoms with van der Waals surface area (Å²) >= 11 is 5.13. The first kappa shape index (κ1) is 11.3. The number of alkyl halides is 1. The van der Waals surface area contributed by atoms with E-state index in [-0.39, 0.29) is 0 Å². The van der Waals surface area contributed by atoms with Gasteiger partial charge in [-0.05, 0) is 19.3 Å². The maximum atomic E-state index is 4.56. The number of anilines is 1. The topological polar surface area (TPSA) is 29.0 Å². The smallest absolute Gasteiger partial charge is 0.205 e. The molecule has 0 spiro atoms. The molecular formula is C10H16BrN3S. The second-order valence-electron chi connectivity index (χ2n) is 3.84. The normalized spacial score (nSPS) is 22.0. The Morgan fingerprint density at radius 2 is 2.40 bits per heavy atom. The van der Waals surface area contributed by atoms with Crippen molar-refractivity contribution in [2.24, 2.45) is 0 Å². The predicted molar refractivity (Wildman–Crippen MR) is 68.1 cm³/mol. The number of hydrogen-bond donors (Lipinski definition) is 0. The summed E-state index contributed by atoms with van der Waals surface area (Å²) in [6, 6.07) is 0.608. The molecule has 0 N–H and O–H groups in total. The molecule has 2 heterocycles. The fourth-order valence-corrected chi connectivity index (χ4v) is 3.44. The van der Waals surface area contributed by atoms with Crippen molar-refractivity contribution in [1.82, 2.24) is 9.36 Å². The van der Waals surface area contributed by atoms with Crippen LogP contribution in [0.1, 0.15) is 32.0 Å². The van der Waals surface area contributed by atoms with Crippen LogP contribution in [-0.4, -0.2) is 27.3 Å². The maximum absolute atomic E-state index is 4.56. The van der Waals surface area contributed by atoms with Gasteiger partial charge in [0.15, 0.2) is 0 Å². The van der Waals surface area contributed by atoms with E-state index in [0.717, 1.165) is 29.3 Å². The molecule has 1 aliphatic rings. The van der Waals surface area contributed by atoms with Crippen LogP contribution in [0, 0.1) is 0 Å². The van der Waals surface area contributed by atoms with Crippen molar-refractivity contribution in [3.05, 3.63) is 5.82 Å². The van der Waals surface area contributed by atoms with Crippen molar-refractivity contribution in [3.63, 3.8) is 0 Å². The molecule has 1 aliphatic heterocycles. The lowest BCUT2D eigenvalue weighted by Gasteiger charge is -2.34. The lowest BCUT2D eigenvalue weighted by molar-refractivity contribution is 0.490. The Bertz CT molecular complexity index is 315. The average Bonchev–Trinajstić information content (AvgIpc) is 2.77. The van der Waals surface area contributed by atoms with Crippen molar-refractivity contribution >= 4 is 32.6 Å². The van der Waals surface area contributed by atoms with Crippen LogP contribution in [0.3, 0.4) is 0 Å². The zero-order valence-electron chi connectivity index (χ0n) is 8.95. The molecule has 1 atom stereocenters. The van der Waals surface area contributed by atoms with Crippen LogP contribution < -0.4 is 4.90 Å². The fourth-order valence-electron chi connectivity index (χ4n) is 1.92. The molecule has 84 valence electrons. The lowest BCUT2D eigenvalue weighted by atomic mass is 10.0. The van der Waals surface area contributed by atoms with Crippen LogP contribution in [0.25, 0.3) is 0 Å². The van der Waals surface area contributed by atoms with E-state index >= 15 is 0 Å². The van der Waals surface area contributed by atoms with Crippen molar-refractivity contribution in [1.29, 1.82) is 0 Å². The van der Waals surface area contributed by atoms with E-state index < -0.39 is 0 Å². The second-order valence-corrected chi connectivity index (χ2v) is 5.22. The molecular weight excluding hydrogens is 274 g/mol. The summed E-state index contributed by atoms with van der Waals surface area (Å²) in [6.07, 6.45) is 4.83. The molecule has 1 unspecified atom stereocenters. The highest BCUT2D eigenvalue weighted by molar-refractivity contribution is 9.09. The number of nitrogens with zero attached hydrogens (tertiary/aromatic N) is 3. The standard InChI is InChI=1S/C10H16BrN3S/c1-2-9-12-10(15-13-9)14-6-4-3-5-8(14)7-11/h8H,2-7H2,1H3. The van der Waals surface area contributed by atoms with Crippen molar-refractivity contribution < 1.29 is 0 Å². The lowest BCUT2D eigenvalue weighted by Crippen LogP contribution is -2.40. The first-order chi connectivity index (χ1) is 7.35. The van der Waals surface area contributed by atoms with Gasteiger partial charge in [-0.15, -0.1) is 0 Å². The predicted octanol–water partition coefficient (Wildman–Crippen LogP) is 2.85. The molecule has 3 nitrogen and oxygen atoms in total. The molecule has 1 aromatic heterocycles. The summed E-state index contributed by atoms with van der Waals surface area (Å²) in [7, 11) is 0. The van der Waals surface area contributed by atoms with Gasteiger partial charge in [0.25, 0.3) is 0 Å². The van der Waals surface area contributed by atoms with Gasteiger partial charge in [0.2, 0.25) is 5.13 Å². The average molecular weight is 290 g/mol. The van der Waals surface area contributed by atoms with E-state index in [1.54, 1.807) is 11.5 Å². The molecule has 1 saturated heterocycles. The van der Waals surface area contributed by atoms with Crippen LogP contribution in [0.15, 0.2) is 0 Å². The molecule has 1 aromatic rings. The molecule has 0 saturated carbocycles. The highest BCUT2D eigenvalue weighted by Gasteiger charge is 2.24. The number of halogens is 1. The summed E-state index contributed by atoms with van der Waals surface area (Å²) in [5.74, 6) is 0.980. The van der Waals surface area contributed by atoms with Gasteiger partial charge < -0.3 is 4.90 Å². The quantitative estimate of drug-likeness (QED) is 0.802. The molecule has 2 rings (SSSR count). The Balaban J connectivity index is 2.12. The third kappa shape index (κ3) is 2.50. The summed E-state index contributed by atoms with van der Waals surface area (Å²) < 4.78 is 4.35. The SMILES string of the molecule is CCc1nsc(N2CCCCC2CBr)n1. The Labute approximate surface area is 103 Å². The van der Waals surface area contributed by atoms with E-state index in [1.165, 1.54) is 19.3 Å². The number of hydrogen-bond acceptors (Lipinski definition) is 4. The molecule has 0 radical (unpaired) electrons. The Kier molecular flexibility index (Phi) is 3.97. The minimum absolute atomic E-state index is 0.608. The fraction of sp³-hybridized carbons (Fsp3) is 0.800. The number of rotatable bonds is 3. The van der Waals surface area contributed by atoms with Crippen molar-refractivity contribution in [2.75, 3.05) is 16.8 Å². The van der Waals surface area contributed by atoms with Gasteiger partial charge >= 0.3 is 0 Å². The summed E-state index contributed by atoms with van der Waals surface area (Å²) in [5, 5.41) is 2.14. The monoisotopic (exact) mass is 289 g/mol.